The first-order valence-electron chi connectivity index (χ1n) is 7.07. The summed E-state index contributed by atoms with van der Waals surface area (Å²) in [5.41, 5.74) is 0.683. The molecule has 3 rings (SSSR count). The molecule has 2 saturated heterocycles. The van der Waals surface area contributed by atoms with Crippen molar-refractivity contribution < 1.29 is 14.3 Å². The third kappa shape index (κ3) is 2.61. The van der Waals surface area contributed by atoms with Gasteiger partial charge in [-0.05, 0) is 49.5 Å². The largest absolute Gasteiger partial charge is 0.393 e. The SMILES string of the molecule is O=C(C=Cc1cccc(F)c1)N1C2CCC1CC(O)C2. The van der Waals surface area contributed by atoms with Gasteiger partial charge in [0.2, 0.25) is 5.91 Å². The Kier molecular flexibility index (Phi) is 3.57. The van der Waals surface area contributed by atoms with Gasteiger partial charge in [0, 0.05) is 18.2 Å². The molecule has 3 nitrogen and oxygen atoms in total. The normalized spacial score (nSPS) is 29.1. The zero-order chi connectivity index (χ0) is 14.1. The molecule has 2 aliphatic rings. The van der Waals surface area contributed by atoms with E-state index in [1.165, 1.54) is 18.2 Å². The molecule has 2 atom stereocenters. The van der Waals surface area contributed by atoms with Crippen molar-refractivity contribution in [1.29, 1.82) is 0 Å². The van der Waals surface area contributed by atoms with Crippen LogP contribution in [0.25, 0.3) is 6.08 Å². The van der Waals surface area contributed by atoms with Crippen LogP contribution in [0.15, 0.2) is 30.3 Å². The van der Waals surface area contributed by atoms with Crippen molar-refractivity contribution in [3.05, 3.63) is 41.7 Å². The van der Waals surface area contributed by atoms with E-state index in [4.69, 9.17) is 0 Å². The quantitative estimate of drug-likeness (QED) is 0.842. The van der Waals surface area contributed by atoms with E-state index >= 15 is 0 Å². The Balaban J connectivity index is 1.71. The maximum absolute atomic E-state index is 13.1. The van der Waals surface area contributed by atoms with Crippen LogP contribution in [0.1, 0.15) is 31.2 Å². The molecule has 0 saturated carbocycles. The van der Waals surface area contributed by atoms with Crippen molar-refractivity contribution in [3.63, 3.8) is 0 Å². The van der Waals surface area contributed by atoms with Gasteiger partial charge in [0.05, 0.1) is 6.10 Å². The van der Waals surface area contributed by atoms with Gasteiger partial charge in [0.25, 0.3) is 0 Å². The number of piperidine rings is 1. The van der Waals surface area contributed by atoms with Crippen molar-refractivity contribution in [2.24, 2.45) is 0 Å². The van der Waals surface area contributed by atoms with Crippen LogP contribution in [0, 0.1) is 5.82 Å². The van der Waals surface area contributed by atoms with Gasteiger partial charge in [-0.25, -0.2) is 4.39 Å². The highest BCUT2D eigenvalue weighted by atomic mass is 19.1. The Morgan fingerprint density at radius 1 is 1.30 bits per heavy atom. The number of aliphatic hydroxyl groups excluding tert-OH is 1. The molecule has 0 aromatic heterocycles. The van der Waals surface area contributed by atoms with Gasteiger partial charge < -0.3 is 10.0 Å². The first kappa shape index (κ1) is 13.3. The fourth-order valence-corrected chi connectivity index (χ4v) is 3.37. The Labute approximate surface area is 117 Å². The molecule has 1 aromatic rings. The molecule has 2 bridgehead atoms. The molecule has 2 heterocycles. The molecule has 2 unspecified atom stereocenters. The van der Waals surface area contributed by atoms with Crippen LogP contribution in [0.5, 0.6) is 0 Å². The van der Waals surface area contributed by atoms with Crippen LogP contribution in [0.2, 0.25) is 0 Å². The van der Waals surface area contributed by atoms with Gasteiger partial charge in [0.1, 0.15) is 5.82 Å². The molecule has 106 valence electrons. The minimum Gasteiger partial charge on any atom is -0.393 e. The highest BCUT2D eigenvalue weighted by Gasteiger charge is 2.41. The topological polar surface area (TPSA) is 40.5 Å². The van der Waals surface area contributed by atoms with Crippen molar-refractivity contribution in [1.82, 2.24) is 4.90 Å². The Bertz CT molecular complexity index is 529. The Morgan fingerprint density at radius 3 is 2.65 bits per heavy atom. The van der Waals surface area contributed by atoms with Crippen LogP contribution >= 0.6 is 0 Å². The minimum absolute atomic E-state index is 0.0336. The van der Waals surface area contributed by atoms with E-state index in [0.29, 0.717) is 18.4 Å². The molecule has 0 aliphatic carbocycles. The van der Waals surface area contributed by atoms with Crippen molar-refractivity contribution in [3.8, 4) is 0 Å². The molecule has 2 aliphatic heterocycles. The number of hydrogen-bond acceptors (Lipinski definition) is 2. The summed E-state index contributed by atoms with van der Waals surface area (Å²) >= 11 is 0. The van der Waals surface area contributed by atoms with Crippen LogP contribution in [0.4, 0.5) is 4.39 Å². The number of rotatable bonds is 2. The van der Waals surface area contributed by atoms with Gasteiger partial charge in [-0.1, -0.05) is 12.1 Å². The van der Waals surface area contributed by atoms with E-state index < -0.39 is 0 Å². The fraction of sp³-hybridized carbons (Fsp3) is 0.438. The molecular weight excluding hydrogens is 257 g/mol. The number of hydrogen-bond donors (Lipinski definition) is 1. The summed E-state index contributed by atoms with van der Waals surface area (Å²) < 4.78 is 13.1. The van der Waals surface area contributed by atoms with E-state index in [2.05, 4.69) is 0 Å². The lowest BCUT2D eigenvalue weighted by molar-refractivity contribution is -0.131. The zero-order valence-corrected chi connectivity index (χ0v) is 11.2. The minimum atomic E-state index is -0.305. The highest BCUT2D eigenvalue weighted by molar-refractivity contribution is 5.92. The second kappa shape index (κ2) is 5.37. The number of fused-ring (bicyclic) bond motifs is 2. The lowest BCUT2D eigenvalue weighted by Gasteiger charge is -2.36. The summed E-state index contributed by atoms with van der Waals surface area (Å²) in [5.74, 6) is -0.338. The van der Waals surface area contributed by atoms with Crippen molar-refractivity contribution in [2.75, 3.05) is 0 Å². The second-order valence-electron chi connectivity index (χ2n) is 5.64. The average Bonchev–Trinajstić information content (AvgIpc) is 2.68. The summed E-state index contributed by atoms with van der Waals surface area (Å²) in [7, 11) is 0. The average molecular weight is 275 g/mol. The second-order valence-corrected chi connectivity index (χ2v) is 5.64. The molecule has 2 fully saturated rings. The third-order valence-corrected chi connectivity index (χ3v) is 4.23. The predicted octanol–water partition coefficient (Wildman–Crippen LogP) is 2.35. The van der Waals surface area contributed by atoms with E-state index in [1.807, 2.05) is 4.90 Å². The number of halogens is 1. The number of carbonyl (C=O) groups excluding carboxylic acids is 1. The summed E-state index contributed by atoms with van der Waals surface area (Å²) in [4.78, 5) is 14.2. The molecule has 0 radical (unpaired) electrons. The molecule has 1 N–H and O–H groups in total. The van der Waals surface area contributed by atoms with Crippen LogP contribution < -0.4 is 0 Å². The van der Waals surface area contributed by atoms with Gasteiger partial charge >= 0.3 is 0 Å². The van der Waals surface area contributed by atoms with Crippen LogP contribution in [-0.2, 0) is 4.79 Å². The molecule has 4 heteroatoms. The van der Waals surface area contributed by atoms with Gasteiger partial charge in [-0.2, -0.15) is 0 Å². The standard InChI is InChI=1S/C16H18FNO2/c17-12-3-1-2-11(8-12)4-7-16(20)18-13-5-6-14(18)10-15(19)9-13/h1-4,7-8,13-15,19H,5-6,9-10H2. The monoisotopic (exact) mass is 275 g/mol. The molecule has 0 spiro atoms. The lowest BCUT2D eigenvalue weighted by atomic mass is 10.00. The maximum atomic E-state index is 13.1. The van der Waals surface area contributed by atoms with E-state index in [0.717, 1.165) is 12.8 Å². The smallest absolute Gasteiger partial charge is 0.247 e. The van der Waals surface area contributed by atoms with Crippen LogP contribution in [-0.4, -0.2) is 34.1 Å². The summed E-state index contributed by atoms with van der Waals surface area (Å²) in [5, 5.41) is 9.73. The molecule has 1 aromatic carbocycles. The Hall–Kier alpha value is -1.68. The fourth-order valence-electron chi connectivity index (χ4n) is 3.37. The van der Waals surface area contributed by atoms with Gasteiger partial charge in [-0.15, -0.1) is 0 Å². The van der Waals surface area contributed by atoms with E-state index in [9.17, 15) is 14.3 Å². The molecule has 1 amide bonds. The lowest BCUT2D eigenvalue weighted by Crippen LogP contribution is -2.47. The van der Waals surface area contributed by atoms with E-state index in [1.54, 1.807) is 18.2 Å². The van der Waals surface area contributed by atoms with Crippen LogP contribution in [0.3, 0.4) is 0 Å². The third-order valence-electron chi connectivity index (χ3n) is 4.23. The number of aliphatic hydroxyl groups is 1. The predicted molar refractivity (Wildman–Crippen MR) is 74.3 cm³/mol. The number of benzene rings is 1. The van der Waals surface area contributed by atoms with Gasteiger partial charge in [-0.3, -0.25) is 4.79 Å². The van der Waals surface area contributed by atoms with Gasteiger partial charge in [0.15, 0.2) is 0 Å². The zero-order valence-electron chi connectivity index (χ0n) is 11.2. The summed E-state index contributed by atoms with van der Waals surface area (Å²) in [6.07, 6.45) is 6.19. The first-order chi connectivity index (χ1) is 9.63. The summed E-state index contributed by atoms with van der Waals surface area (Å²) in [6.45, 7) is 0. The van der Waals surface area contributed by atoms with Crippen molar-refractivity contribution in [2.45, 2.75) is 43.9 Å². The first-order valence-corrected chi connectivity index (χ1v) is 7.07. The highest BCUT2D eigenvalue weighted by Crippen LogP contribution is 2.35. The number of nitrogens with zero attached hydrogens (tertiary/aromatic N) is 1. The number of carbonyl (C=O) groups is 1. The maximum Gasteiger partial charge on any atom is 0.247 e. The Morgan fingerprint density at radius 2 is 2.00 bits per heavy atom. The summed E-state index contributed by atoms with van der Waals surface area (Å²) in [6, 6.07) is 6.49. The van der Waals surface area contributed by atoms with E-state index in [-0.39, 0.29) is 29.9 Å². The molecular formula is C16H18FNO2. The molecule has 20 heavy (non-hydrogen) atoms. The van der Waals surface area contributed by atoms with Crippen molar-refractivity contribution >= 4 is 12.0 Å². The number of amides is 1.